The molecule has 0 unspecified atom stereocenters. The number of carboxylic acids is 1. The lowest BCUT2D eigenvalue weighted by molar-refractivity contribution is -0.140. The zero-order valence-electron chi connectivity index (χ0n) is 6.97. The molecule has 0 aliphatic carbocycles. The van der Waals surface area contributed by atoms with Crippen molar-refractivity contribution in [2.45, 2.75) is 19.8 Å². The molecule has 0 saturated heterocycles. The number of hydrogen-bond donors (Lipinski definition) is 2. The molecule has 1 amide bonds. The van der Waals surface area contributed by atoms with Crippen LogP contribution in [0.4, 0.5) is 0 Å². The van der Waals surface area contributed by atoms with Crippen LogP contribution in [0.25, 0.3) is 0 Å². The Balaban J connectivity index is 4.34. The minimum Gasteiger partial charge on any atom is -0.480 e. The highest BCUT2D eigenvalue weighted by Crippen LogP contribution is 1.78. The Morgan fingerprint density at radius 2 is 2.44 bits per heavy atom. The molecule has 0 aliphatic heterocycles. The summed E-state index contributed by atoms with van der Waals surface area (Å²) >= 11 is 0. The third-order valence-electron chi connectivity index (χ3n) is 0.585. The van der Waals surface area contributed by atoms with Crippen molar-refractivity contribution in [3.8, 4) is 0 Å². The van der Waals surface area contributed by atoms with Gasteiger partial charge in [0.2, 0.25) is 5.91 Å². The molecule has 52 valence electrons. The average Bonchev–Trinajstić information content (AvgIpc) is 1.86. The largest absolute Gasteiger partial charge is 0.480 e. The molecule has 0 aliphatic rings. The second-order valence-corrected chi connectivity index (χ2v) is 1.46. The van der Waals surface area contributed by atoms with Crippen LogP contribution in [-0.2, 0) is 9.59 Å². The number of amides is 1. The quantitative estimate of drug-likeness (QED) is 0.538. The predicted octanol–water partition coefficient (Wildman–Crippen LogP) is -0.404. The van der Waals surface area contributed by atoms with Crippen molar-refractivity contribution in [2.24, 2.45) is 0 Å². The molecule has 0 fully saturated rings. The summed E-state index contributed by atoms with van der Waals surface area (Å²) in [5.41, 5.74) is 0. The summed E-state index contributed by atoms with van der Waals surface area (Å²) < 4.78 is 13.7. The van der Waals surface area contributed by atoms with Gasteiger partial charge >= 0.3 is 5.97 Å². The van der Waals surface area contributed by atoms with Gasteiger partial charge in [0, 0.05) is 8.29 Å². The van der Waals surface area contributed by atoms with Crippen molar-refractivity contribution < 1.29 is 17.4 Å². The first-order chi connectivity index (χ1) is 4.92. The van der Waals surface area contributed by atoms with Gasteiger partial charge in [-0.05, 0) is 6.90 Å². The SMILES string of the molecule is [2H]C[C@]([2H])(NC(C)=O)C(=O)O. The molecule has 0 spiro atoms. The van der Waals surface area contributed by atoms with E-state index in [9.17, 15) is 9.59 Å². The van der Waals surface area contributed by atoms with Gasteiger partial charge in [-0.3, -0.25) is 9.59 Å². The first kappa shape index (κ1) is 4.78. The molecule has 1 atom stereocenters. The van der Waals surface area contributed by atoms with Gasteiger partial charge in [0.05, 0.1) is 1.37 Å². The Morgan fingerprint density at radius 3 is 2.56 bits per heavy atom. The maximum Gasteiger partial charge on any atom is 0.325 e. The number of nitrogens with one attached hydrogen (secondary N) is 1. The van der Waals surface area contributed by atoms with E-state index < -0.39 is 24.8 Å². The van der Waals surface area contributed by atoms with Crippen molar-refractivity contribution in [3.05, 3.63) is 0 Å². The van der Waals surface area contributed by atoms with Gasteiger partial charge in [0.15, 0.2) is 0 Å². The zero-order chi connectivity index (χ0) is 9.07. The lowest BCUT2D eigenvalue weighted by atomic mass is 10.3. The Hall–Kier alpha value is -1.06. The van der Waals surface area contributed by atoms with Crippen LogP contribution in [0.1, 0.15) is 16.6 Å². The van der Waals surface area contributed by atoms with Gasteiger partial charge in [-0.1, -0.05) is 0 Å². The normalized spacial score (nSPS) is 18.8. The van der Waals surface area contributed by atoms with Crippen LogP contribution in [0, 0.1) is 0 Å². The van der Waals surface area contributed by atoms with E-state index in [2.05, 4.69) is 0 Å². The number of carboxylic acid groups (broad SMARTS) is 1. The summed E-state index contributed by atoms with van der Waals surface area (Å²) in [7, 11) is 0. The lowest BCUT2D eigenvalue weighted by Gasteiger charge is -2.04. The van der Waals surface area contributed by atoms with Crippen LogP contribution in [0.5, 0.6) is 0 Å². The number of rotatable bonds is 2. The molecule has 9 heavy (non-hydrogen) atoms. The van der Waals surface area contributed by atoms with Crippen LogP contribution < -0.4 is 5.32 Å². The highest BCUT2D eigenvalue weighted by atomic mass is 16.4. The summed E-state index contributed by atoms with van der Waals surface area (Å²) in [6.07, 6.45) is 0. The average molecular weight is 133 g/mol. The van der Waals surface area contributed by atoms with Gasteiger partial charge < -0.3 is 10.4 Å². The third kappa shape index (κ3) is 3.52. The van der Waals surface area contributed by atoms with Gasteiger partial charge in [0.25, 0.3) is 0 Å². The van der Waals surface area contributed by atoms with Crippen LogP contribution in [0.2, 0.25) is 0 Å². The van der Waals surface area contributed by atoms with Crippen molar-refractivity contribution in [3.63, 3.8) is 0 Å². The molecule has 4 nitrogen and oxygen atoms in total. The number of carbonyl (C=O) groups is 2. The predicted molar refractivity (Wildman–Crippen MR) is 30.9 cm³/mol. The standard InChI is InChI=1S/C5H9NO3/c1-3(5(8)9)6-4(2)7/h3H,1-2H3,(H,6,7)(H,8,9)/t3-/m0/s1/i1D,3D. The molecular weight excluding hydrogens is 122 g/mol. The molecule has 0 aromatic rings. The van der Waals surface area contributed by atoms with Crippen LogP contribution in [0.3, 0.4) is 0 Å². The zero-order valence-corrected chi connectivity index (χ0v) is 4.97. The highest BCUT2D eigenvalue weighted by Gasteiger charge is 2.09. The van der Waals surface area contributed by atoms with E-state index in [1.807, 2.05) is 5.32 Å². The fourth-order valence-corrected chi connectivity index (χ4v) is 0.266. The van der Waals surface area contributed by atoms with Gasteiger partial charge in [-0.2, -0.15) is 0 Å². The summed E-state index contributed by atoms with van der Waals surface area (Å²) in [6.45, 7) is 0.393. The Kier molecular flexibility index (Phi) is 1.63. The summed E-state index contributed by atoms with van der Waals surface area (Å²) in [4.78, 5) is 20.6. The second-order valence-electron chi connectivity index (χ2n) is 1.46. The van der Waals surface area contributed by atoms with Crippen molar-refractivity contribution in [1.82, 2.24) is 5.32 Å². The summed E-state index contributed by atoms with van der Waals surface area (Å²) in [6, 6.07) is -2.20. The molecule has 0 heterocycles. The smallest absolute Gasteiger partial charge is 0.325 e. The van der Waals surface area contributed by atoms with Crippen molar-refractivity contribution in [2.75, 3.05) is 0 Å². The summed E-state index contributed by atoms with van der Waals surface area (Å²) in [5, 5.41) is 10.2. The Bertz CT molecular complexity index is 185. The van der Waals surface area contributed by atoms with Gasteiger partial charge in [0.1, 0.15) is 6.02 Å². The number of carbonyl (C=O) groups excluding carboxylic acids is 1. The van der Waals surface area contributed by atoms with Crippen LogP contribution in [-0.4, -0.2) is 23.0 Å². The molecule has 0 saturated carbocycles. The maximum atomic E-state index is 10.3. The van der Waals surface area contributed by atoms with E-state index >= 15 is 0 Å². The van der Waals surface area contributed by atoms with E-state index in [-0.39, 0.29) is 0 Å². The van der Waals surface area contributed by atoms with Gasteiger partial charge in [-0.15, -0.1) is 0 Å². The molecular formula is C5H9NO3. The van der Waals surface area contributed by atoms with Crippen LogP contribution >= 0.6 is 0 Å². The first-order valence-electron chi connectivity index (χ1n) is 3.44. The minimum absolute atomic E-state index is 0.630. The Morgan fingerprint density at radius 1 is 1.89 bits per heavy atom. The molecule has 4 heteroatoms. The topological polar surface area (TPSA) is 66.4 Å². The van der Waals surface area contributed by atoms with Crippen molar-refractivity contribution in [1.29, 1.82) is 0 Å². The van der Waals surface area contributed by atoms with Crippen molar-refractivity contribution >= 4 is 11.9 Å². The maximum absolute atomic E-state index is 10.3. The minimum atomic E-state index is -2.20. The Labute approximate surface area is 55.7 Å². The van der Waals surface area contributed by atoms with Gasteiger partial charge in [-0.25, -0.2) is 0 Å². The van der Waals surface area contributed by atoms with E-state index in [4.69, 9.17) is 7.85 Å². The second kappa shape index (κ2) is 3.06. The number of hydrogen-bond acceptors (Lipinski definition) is 2. The monoisotopic (exact) mass is 133 g/mol. The van der Waals surface area contributed by atoms with E-state index in [1.54, 1.807) is 0 Å². The third-order valence-corrected chi connectivity index (χ3v) is 0.585. The number of aliphatic carboxylic acids is 1. The van der Waals surface area contributed by atoms with Crippen LogP contribution in [0.15, 0.2) is 0 Å². The lowest BCUT2D eigenvalue weighted by Crippen LogP contribution is -2.36. The van der Waals surface area contributed by atoms with E-state index in [0.29, 0.717) is 0 Å². The molecule has 0 rings (SSSR count). The molecule has 0 radical (unpaired) electrons. The van der Waals surface area contributed by atoms with E-state index in [0.717, 1.165) is 6.92 Å². The first-order valence-corrected chi connectivity index (χ1v) is 2.24. The van der Waals surface area contributed by atoms with E-state index in [1.165, 1.54) is 0 Å². The molecule has 0 aromatic heterocycles. The summed E-state index contributed by atoms with van der Waals surface area (Å²) in [5.74, 6) is -2.16. The molecule has 0 bridgehead atoms. The molecule has 0 aromatic carbocycles. The molecule has 2 N–H and O–H groups in total. The fraction of sp³-hybridized carbons (Fsp3) is 0.600. The highest BCUT2D eigenvalue weighted by molar-refractivity contribution is 5.81. The fourth-order valence-electron chi connectivity index (χ4n) is 0.266.